The Morgan fingerprint density at radius 1 is 1.31 bits per heavy atom. The van der Waals surface area contributed by atoms with Gasteiger partial charge in [0.25, 0.3) is 0 Å². The Morgan fingerprint density at radius 2 is 2.15 bits per heavy atom. The summed E-state index contributed by atoms with van der Waals surface area (Å²) in [7, 11) is 0. The van der Waals surface area contributed by atoms with Gasteiger partial charge in [-0.3, -0.25) is 0 Å². The van der Waals surface area contributed by atoms with Crippen LogP contribution in [0.3, 0.4) is 0 Å². The molecule has 2 heteroatoms. The van der Waals surface area contributed by atoms with Gasteiger partial charge in [-0.25, -0.2) is 4.99 Å². The van der Waals surface area contributed by atoms with Crippen LogP contribution in [-0.4, -0.2) is 12.9 Å². The molecule has 0 fully saturated rings. The quantitative estimate of drug-likeness (QED) is 0.624. The molecule has 0 unspecified atom stereocenters. The molecule has 0 saturated carbocycles. The summed E-state index contributed by atoms with van der Waals surface area (Å²) < 4.78 is 0. The van der Waals surface area contributed by atoms with Crippen molar-refractivity contribution in [1.82, 2.24) is 5.32 Å². The molecule has 1 aliphatic rings. The second-order valence-corrected chi connectivity index (χ2v) is 3.53. The lowest BCUT2D eigenvalue weighted by molar-refractivity contribution is 0.628. The molecule has 0 aromatic heterocycles. The van der Waals surface area contributed by atoms with Crippen molar-refractivity contribution < 1.29 is 0 Å². The van der Waals surface area contributed by atoms with Crippen LogP contribution in [-0.2, 0) is 0 Å². The van der Waals surface area contributed by atoms with E-state index in [4.69, 9.17) is 0 Å². The highest BCUT2D eigenvalue weighted by molar-refractivity contribution is 5.57. The highest BCUT2D eigenvalue weighted by atomic mass is 15.0. The van der Waals surface area contributed by atoms with Gasteiger partial charge in [0.2, 0.25) is 0 Å². The van der Waals surface area contributed by atoms with E-state index in [2.05, 4.69) is 23.3 Å². The van der Waals surface area contributed by atoms with Gasteiger partial charge in [-0.05, 0) is 18.9 Å². The molecule has 1 aliphatic heterocycles. The van der Waals surface area contributed by atoms with Gasteiger partial charge in [-0.2, -0.15) is 0 Å². The van der Waals surface area contributed by atoms with Crippen molar-refractivity contribution in [2.75, 3.05) is 6.54 Å². The molecule has 13 heavy (non-hydrogen) atoms. The lowest BCUT2D eigenvalue weighted by Gasteiger charge is -2.06. The third-order valence-electron chi connectivity index (χ3n) is 2.31. The maximum Gasteiger partial charge on any atom is 0.0884 e. The fraction of sp³-hybridized carbons (Fsp3) is 0.727. The van der Waals surface area contributed by atoms with Crippen molar-refractivity contribution in [2.24, 2.45) is 4.99 Å². The highest BCUT2D eigenvalue weighted by Crippen LogP contribution is 2.12. The van der Waals surface area contributed by atoms with E-state index in [0.29, 0.717) is 0 Å². The smallest absolute Gasteiger partial charge is 0.0884 e. The first-order valence-corrected chi connectivity index (χ1v) is 5.38. The maximum atomic E-state index is 4.27. The van der Waals surface area contributed by atoms with Crippen LogP contribution in [0.5, 0.6) is 0 Å². The molecule has 0 bridgehead atoms. The normalized spacial score (nSPS) is 15.3. The third kappa shape index (κ3) is 4.71. The molecule has 0 radical (unpaired) electrons. The van der Waals surface area contributed by atoms with Crippen LogP contribution in [0.2, 0.25) is 0 Å². The highest BCUT2D eigenvalue weighted by Gasteiger charge is 1.97. The molecule has 0 aromatic carbocycles. The SMILES string of the molecule is CCCCCCCC1=CCNC=N1. The number of hydrogen-bond donors (Lipinski definition) is 1. The summed E-state index contributed by atoms with van der Waals surface area (Å²) in [5, 5.41) is 3.06. The van der Waals surface area contributed by atoms with Crippen LogP contribution >= 0.6 is 0 Å². The van der Waals surface area contributed by atoms with Crippen molar-refractivity contribution in [2.45, 2.75) is 45.4 Å². The van der Waals surface area contributed by atoms with E-state index in [1.54, 1.807) is 6.34 Å². The first kappa shape index (κ1) is 10.3. The third-order valence-corrected chi connectivity index (χ3v) is 2.31. The second-order valence-electron chi connectivity index (χ2n) is 3.53. The van der Waals surface area contributed by atoms with Gasteiger partial charge in [0.1, 0.15) is 0 Å². The number of hydrogen-bond acceptors (Lipinski definition) is 2. The molecule has 1 N–H and O–H groups in total. The topological polar surface area (TPSA) is 24.4 Å². The Labute approximate surface area is 81.1 Å². The Balaban J connectivity index is 1.99. The molecule has 0 atom stereocenters. The van der Waals surface area contributed by atoms with Gasteiger partial charge < -0.3 is 5.32 Å². The minimum atomic E-state index is 0.952. The summed E-state index contributed by atoms with van der Waals surface area (Å²) in [4.78, 5) is 4.27. The summed E-state index contributed by atoms with van der Waals surface area (Å²) in [5.41, 5.74) is 1.26. The van der Waals surface area contributed by atoms with Crippen molar-refractivity contribution in [3.63, 3.8) is 0 Å². The van der Waals surface area contributed by atoms with Crippen LogP contribution in [0.15, 0.2) is 16.8 Å². The summed E-state index contributed by atoms with van der Waals surface area (Å²) in [5.74, 6) is 0. The molecule has 0 spiro atoms. The van der Waals surface area contributed by atoms with E-state index in [0.717, 1.165) is 13.0 Å². The predicted octanol–water partition coefficient (Wildman–Crippen LogP) is 2.86. The molecule has 2 nitrogen and oxygen atoms in total. The molecule has 0 aliphatic carbocycles. The fourth-order valence-corrected chi connectivity index (χ4v) is 1.49. The van der Waals surface area contributed by atoms with E-state index >= 15 is 0 Å². The Bertz CT molecular complexity index is 183. The van der Waals surface area contributed by atoms with Crippen molar-refractivity contribution >= 4 is 6.34 Å². The molecule has 0 amide bonds. The van der Waals surface area contributed by atoms with Crippen LogP contribution < -0.4 is 5.32 Å². The van der Waals surface area contributed by atoms with Gasteiger partial charge in [-0.15, -0.1) is 0 Å². The molecule has 74 valence electrons. The number of rotatable bonds is 6. The van der Waals surface area contributed by atoms with E-state index in [1.165, 1.54) is 37.8 Å². The van der Waals surface area contributed by atoms with E-state index in [9.17, 15) is 0 Å². The average molecular weight is 180 g/mol. The van der Waals surface area contributed by atoms with Crippen molar-refractivity contribution in [3.8, 4) is 0 Å². The van der Waals surface area contributed by atoms with Crippen LogP contribution in [0.25, 0.3) is 0 Å². The minimum absolute atomic E-state index is 0.952. The summed E-state index contributed by atoms with van der Waals surface area (Å²) in [6.45, 7) is 3.20. The van der Waals surface area contributed by atoms with Crippen LogP contribution in [0.1, 0.15) is 45.4 Å². The zero-order valence-electron chi connectivity index (χ0n) is 8.55. The van der Waals surface area contributed by atoms with Gasteiger partial charge in [0.05, 0.1) is 6.34 Å². The van der Waals surface area contributed by atoms with Crippen LogP contribution in [0.4, 0.5) is 0 Å². The summed E-state index contributed by atoms with van der Waals surface area (Å²) in [6.07, 6.45) is 11.9. The maximum absolute atomic E-state index is 4.27. The van der Waals surface area contributed by atoms with Crippen LogP contribution in [0, 0.1) is 0 Å². The number of unbranched alkanes of at least 4 members (excludes halogenated alkanes) is 4. The van der Waals surface area contributed by atoms with Gasteiger partial charge in [0, 0.05) is 12.2 Å². The van der Waals surface area contributed by atoms with Gasteiger partial charge >= 0.3 is 0 Å². The summed E-state index contributed by atoms with van der Waals surface area (Å²) in [6, 6.07) is 0. The minimum Gasteiger partial charge on any atom is -0.373 e. The number of aliphatic imine (C=N–C) groups is 1. The molecule has 1 heterocycles. The largest absolute Gasteiger partial charge is 0.373 e. The number of allylic oxidation sites excluding steroid dienone is 1. The monoisotopic (exact) mass is 180 g/mol. The molecular formula is C11H20N2. The van der Waals surface area contributed by atoms with E-state index in [-0.39, 0.29) is 0 Å². The lowest BCUT2D eigenvalue weighted by atomic mass is 10.1. The average Bonchev–Trinajstić information content (AvgIpc) is 2.19. The zero-order valence-corrected chi connectivity index (χ0v) is 8.55. The Morgan fingerprint density at radius 3 is 2.85 bits per heavy atom. The van der Waals surface area contributed by atoms with E-state index in [1.807, 2.05) is 0 Å². The Kier molecular flexibility index (Phi) is 5.30. The fourth-order valence-electron chi connectivity index (χ4n) is 1.49. The number of nitrogens with one attached hydrogen (secondary N) is 1. The standard InChI is InChI=1S/C11H20N2/c1-2-3-4-5-6-7-11-8-9-12-10-13-11/h8,10H,2-7,9H2,1H3,(H,12,13). The van der Waals surface area contributed by atoms with Crippen molar-refractivity contribution in [1.29, 1.82) is 0 Å². The van der Waals surface area contributed by atoms with Gasteiger partial charge in [0.15, 0.2) is 0 Å². The Hall–Kier alpha value is -0.790. The van der Waals surface area contributed by atoms with E-state index < -0.39 is 0 Å². The first-order valence-electron chi connectivity index (χ1n) is 5.38. The number of nitrogens with zero attached hydrogens (tertiary/aromatic N) is 1. The van der Waals surface area contributed by atoms with Gasteiger partial charge in [-0.1, -0.05) is 32.6 Å². The molecule has 1 rings (SSSR count). The second kappa shape index (κ2) is 6.70. The first-order chi connectivity index (χ1) is 6.43. The predicted molar refractivity (Wildman–Crippen MR) is 58.0 cm³/mol. The lowest BCUT2D eigenvalue weighted by Crippen LogP contribution is -2.14. The zero-order chi connectivity index (χ0) is 9.36. The van der Waals surface area contributed by atoms with Crippen molar-refractivity contribution in [3.05, 3.63) is 11.8 Å². The molecule has 0 saturated heterocycles. The molecular weight excluding hydrogens is 160 g/mol. The summed E-state index contributed by atoms with van der Waals surface area (Å²) >= 11 is 0. The molecule has 0 aromatic rings.